The molecule has 0 bridgehead atoms. The molecule has 0 heterocycles. The number of Topliss-reactive ketones (excluding diaryl/α,β-unsaturated/α-hetero) is 1. The van der Waals surface area contributed by atoms with E-state index in [0.29, 0.717) is 12.2 Å². The molecule has 0 aromatic rings. The fourth-order valence-corrected chi connectivity index (χ4v) is 1.53. The minimum absolute atomic E-state index is 0.290. The maximum atomic E-state index is 12.6. The third kappa shape index (κ3) is 2.27. The molecule has 0 spiro atoms. The number of alkyl halides is 3. The molecule has 2 unspecified atom stereocenters. The van der Waals surface area contributed by atoms with Gasteiger partial charge < -0.3 is 11.5 Å². The van der Waals surface area contributed by atoms with E-state index in [1.54, 1.807) is 0 Å². The molecular formula is C9H10F3N3O3. The predicted molar refractivity (Wildman–Crippen MR) is 54.8 cm³/mol. The molecule has 6 nitrogen and oxygen atoms in total. The van der Waals surface area contributed by atoms with Crippen LogP contribution in [0.1, 0.15) is 6.92 Å². The van der Waals surface area contributed by atoms with Crippen LogP contribution in [0.2, 0.25) is 0 Å². The highest BCUT2D eigenvalue weighted by molar-refractivity contribution is 5.90. The van der Waals surface area contributed by atoms with Crippen LogP contribution in [0, 0.1) is 10.1 Å². The Bertz CT molecular complexity index is 469. The summed E-state index contributed by atoms with van der Waals surface area (Å²) in [6.07, 6.45) is -4.13. The molecule has 2 atom stereocenters. The highest BCUT2D eigenvalue weighted by Gasteiger charge is 2.49. The van der Waals surface area contributed by atoms with Crippen LogP contribution in [0.5, 0.6) is 0 Å². The smallest absolute Gasteiger partial charge is 0.317 e. The summed E-state index contributed by atoms with van der Waals surface area (Å²) in [5, 5.41) is 10.6. The van der Waals surface area contributed by atoms with E-state index in [4.69, 9.17) is 11.5 Å². The van der Waals surface area contributed by atoms with Crippen molar-refractivity contribution < 1.29 is 22.9 Å². The third-order valence-corrected chi connectivity index (χ3v) is 2.68. The summed E-state index contributed by atoms with van der Waals surface area (Å²) < 4.78 is 37.7. The van der Waals surface area contributed by atoms with Crippen molar-refractivity contribution >= 4 is 5.78 Å². The van der Waals surface area contributed by atoms with Crippen LogP contribution in [0.25, 0.3) is 0 Å². The van der Waals surface area contributed by atoms with E-state index in [-0.39, 0.29) is 0 Å². The molecule has 0 fully saturated rings. The number of allylic oxidation sites excluding steroid dienone is 2. The highest BCUT2D eigenvalue weighted by atomic mass is 19.4. The normalized spacial score (nSPS) is 28.4. The number of nitrogens with zero attached hydrogens (tertiary/aromatic N) is 1. The van der Waals surface area contributed by atoms with E-state index in [9.17, 15) is 28.1 Å². The summed E-state index contributed by atoms with van der Waals surface area (Å²) >= 11 is 0. The van der Waals surface area contributed by atoms with Crippen LogP contribution in [0.15, 0.2) is 23.4 Å². The van der Waals surface area contributed by atoms with E-state index in [1.165, 1.54) is 0 Å². The maximum absolute atomic E-state index is 12.6. The summed E-state index contributed by atoms with van der Waals surface area (Å²) in [6, 6.07) is -1.63. The van der Waals surface area contributed by atoms with Gasteiger partial charge in [0.25, 0.3) is 5.70 Å². The molecule has 18 heavy (non-hydrogen) atoms. The topological polar surface area (TPSA) is 112 Å². The lowest BCUT2D eigenvalue weighted by Crippen LogP contribution is -2.62. The van der Waals surface area contributed by atoms with Gasteiger partial charge in [0, 0.05) is 6.08 Å². The lowest BCUT2D eigenvalue weighted by Gasteiger charge is -2.31. The number of rotatable bonds is 2. The molecular weight excluding hydrogens is 255 g/mol. The second-order valence-electron chi connectivity index (χ2n) is 3.89. The molecule has 9 heteroatoms. The van der Waals surface area contributed by atoms with E-state index in [1.807, 2.05) is 0 Å². The van der Waals surface area contributed by atoms with Crippen molar-refractivity contribution in [3.63, 3.8) is 0 Å². The van der Waals surface area contributed by atoms with Gasteiger partial charge in [-0.25, -0.2) is 0 Å². The van der Waals surface area contributed by atoms with Crippen molar-refractivity contribution in [1.82, 2.24) is 0 Å². The van der Waals surface area contributed by atoms with E-state index in [0.717, 1.165) is 6.92 Å². The Kier molecular flexibility index (Phi) is 3.32. The van der Waals surface area contributed by atoms with Crippen LogP contribution >= 0.6 is 0 Å². The molecule has 100 valence electrons. The Morgan fingerprint density at radius 3 is 2.39 bits per heavy atom. The number of carbonyl (C=O) groups is 1. The van der Waals surface area contributed by atoms with Crippen molar-refractivity contribution in [2.24, 2.45) is 11.5 Å². The second-order valence-corrected chi connectivity index (χ2v) is 3.89. The molecule has 0 aromatic carbocycles. The predicted octanol–water partition coefficient (Wildman–Crippen LogP) is 0.263. The maximum Gasteiger partial charge on any atom is 0.416 e. The van der Waals surface area contributed by atoms with Crippen LogP contribution in [-0.2, 0) is 4.79 Å². The van der Waals surface area contributed by atoms with Crippen LogP contribution in [-0.4, -0.2) is 28.5 Å². The molecule has 0 amide bonds. The van der Waals surface area contributed by atoms with Gasteiger partial charge >= 0.3 is 6.18 Å². The van der Waals surface area contributed by atoms with Crippen molar-refractivity contribution in [3.05, 3.63) is 33.5 Å². The van der Waals surface area contributed by atoms with Crippen molar-refractivity contribution in [1.29, 1.82) is 0 Å². The van der Waals surface area contributed by atoms with Gasteiger partial charge in [0.05, 0.1) is 10.5 Å². The van der Waals surface area contributed by atoms with Crippen molar-refractivity contribution in [3.8, 4) is 0 Å². The van der Waals surface area contributed by atoms with Gasteiger partial charge in [0.2, 0.25) is 0 Å². The minimum atomic E-state index is -4.85. The number of ketones is 1. The van der Waals surface area contributed by atoms with Gasteiger partial charge in [-0.1, -0.05) is 0 Å². The van der Waals surface area contributed by atoms with Gasteiger partial charge in [0.15, 0.2) is 5.78 Å². The second kappa shape index (κ2) is 4.18. The number of halogens is 3. The SMILES string of the molecule is CC(=O)C1(N)C=C(C(F)(F)F)C=C([N+](=O)[O-])C1N. The molecule has 0 saturated heterocycles. The first-order valence-corrected chi connectivity index (χ1v) is 4.71. The molecule has 1 aliphatic rings. The Hall–Kier alpha value is -1.74. The summed E-state index contributed by atoms with van der Waals surface area (Å²) in [5.74, 6) is -0.885. The van der Waals surface area contributed by atoms with Gasteiger partial charge in [0.1, 0.15) is 11.6 Å². The molecule has 0 saturated carbocycles. The average Bonchev–Trinajstić information content (AvgIpc) is 2.19. The average molecular weight is 265 g/mol. The van der Waals surface area contributed by atoms with E-state index in [2.05, 4.69) is 0 Å². The summed E-state index contributed by atoms with van der Waals surface area (Å²) in [7, 11) is 0. The first-order chi connectivity index (χ1) is 8.00. The van der Waals surface area contributed by atoms with Gasteiger partial charge in [-0.05, 0) is 13.0 Å². The van der Waals surface area contributed by atoms with Gasteiger partial charge in [-0.3, -0.25) is 14.9 Å². The van der Waals surface area contributed by atoms with Gasteiger partial charge in [-0.15, -0.1) is 0 Å². The number of hydrogen-bond acceptors (Lipinski definition) is 5. The minimum Gasteiger partial charge on any atom is -0.317 e. The molecule has 1 rings (SSSR count). The Labute approximate surface area is 99.3 Å². The van der Waals surface area contributed by atoms with Crippen LogP contribution in [0.4, 0.5) is 13.2 Å². The number of nitro groups is 1. The van der Waals surface area contributed by atoms with Crippen molar-refractivity contribution in [2.45, 2.75) is 24.7 Å². The van der Waals surface area contributed by atoms with E-state index < -0.39 is 39.7 Å². The number of nitrogens with two attached hydrogens (primary N) is 2. The molecule has 0 radical (unpaired) electrons. The Morgan fingerprint density at radius 1 is 1.56 bits per heavy atom. The number of carbonyl (C=O) groups excluding carboxylic acids is 1. The fraction of sp³-hybridized carbons (Fsp3) is 0.444. The Morgan fingerprint density at radius 2 is 2.06 bits per heavy atom. The zero-order valence-electron chi connectivity index (χ0n) is 9.19. The third-order valence-electron chi connectivity index (χ3n) is 2.68. The standard InChI is InChI=1S/C9H10F3N3O3/c1-4(16)8(14)3-5(9(10,11)12)2-6(7(8)13)15(17)18/h2-3,7H,13-14H2,1H3. The highest BCUT2D eigenvalue weighted by Crippen LogP contribution is 2.34. The monoisotopic (exact) mass is 265 g/mol. The molecule has 4 N–H and O–H groups in total. The lowest BCUT2D eigenvalue weighted by atomic mass is 9.80. The van der Waals surface area contributed by atoms with Crippen LogP contribution in [0.3, 0.4) is 0 Å². The van der Waals surface area contributed by atoms with Crippen molar-refractivity contribution in [2.75, 3.05) is 0 Å². The Balaban J connectivity index is 3.45. The quantitative estimate of drug-likeness (QED) is 0.549. The zero-order valence-corrected chi connectivity index (χ0v) is 9.19. The van der Waals surface area contributed by atoms with E-state index >= 15 is 0 Å². The fourth-order valence-electron chi connectivity index (χ4n) is 1.53. The zero-order chi connectivity index (χ0) is 14.3. The molecule has 0 aliphatic heterocycles. The molecule has 1 aliphatic carbocycles. The summed E-state index contributed by atoms with van der Waals surface area (Å²) in [6.45, 7) is 0.924. The number of hydrogen-bond donors (Lipinski definition) is 2. The summed E-state index contributed by atoms with van der Waals surface area (Å²) in [5.41, 5.74) is 6.33. The van der Waals surface area contributed by atoms with Crippen LogP contribution < -0.4 is 11.5 Å². The molecule has 0 aromatic heterocycles. The first-order valence-electron chi connectivity index (χ1n) is 4.71. The summed E-state index contributed by atoms with van der Waals surface area (Å²) in [4.78, 5) is 20.9. The lowest BCUT2D eigenvalue weighted by molar-refractivity contribution is -0.430. The largest absolute Gasteiger partial charge is 0.416 e. The van der Waals surface area contributed by atoms with Gasteiger partial charge in [-0.2, -0.15) is 13.2 Å². The first kappa shape index (κ1) is 14.3.